The minimum absolute atomic E-state index is 0.440. The highest BCUT2D eigenvalue weighted by atomic mass is 16.8. The van der Waals surface area contributed by atoms with Crippen molar-refractivity contribution in [3.8, 4) is 6.07 Å². The highest BCUT2D eigenvalue weighted by molar-refractivity contribution is 5.22. The van der Waals surface area contributed by atoms with Gasteiger partial charge in [-0.05, 0) is 5.56 Å². The van der Waals surface area contributed by atoms with E-state index in [0.717, 1.165) is 0 Å². The number of benzene rings is 1. The van der Waals surface area contributed by atoms with Crippen LogP contribution in [0, 0.1) is 11.3 Å². The van der Waals surface area contributed by atoms with Gasteiger partial charge in [0.1, 0.15) is 42.7 Å². The molecule has 0 saturated carbocycles. The van der Waals surface area contributed by atoms with Crippen molar-refractivity contribution in [3.05, 3.63) is 35.9 Å². The number of rotatable bonds is 6. The molecule has 2 heterocycles. The monoisotopic (exact) mass is 443 g/mol. The lowest BCUT2D eigenvalue weighted by Crippen LogP contribution is -2.64. The van der Waals surface area contributed by atoms with E-state index in [4.69, 9.17) is 18.9 Å². The SMILES string of the molecule is N#C[C@H](O[C@@H]1O[C@H](O)[C@@H](O)[C@H](O)[C@H]1OC1O[C@H](CO)[C@@H](O)[C@H](O)[C@H]1O)c1ccccc1. The standard InChI is InChI=1S/C19H25NO11/c20-6-9(8-4-2-1-3-5-8)28-19-16(13(24)14(25)17(27)31-19)30-18-15(26)12(23)11(22)10(7-21)29-18/h1-5,9-19,21-27H,7H2/t9-,10+,11+,12-,13-,14-,15+,16+,17-,18?,19+/m0/s1. The average molecular weight is 443 g/mol. The second-order valence-electron chi connectivity index (χ2n) is 7.23. The maximum atomic E-state index is 10.4. The first-order valence-electron chi connectivity index (χ1n) is 9.54. The minimum Gasteiger partial charge on any atom is -0.394 e. The van der Waals surface area contributed by atoms with Gasteiger partial charge in [-0.25, -0.2) is 0 Å². The predicted octanol–water partition coefficient (Wildman–Crippen LogP) is -3.15. The van der Waals surface area contributed by atoms with Crippen LogP contribution in [0.1, 0.15) is 11.7 Å². The molecule has 7 N–H and O–H groups in total. The molecule has 2 saturated heterocycles. The van der Waals surface area contributed by atoms with Gasteiger partial charge in [0.15, 0.2) is 25.0 Å². The Bertz CT molecular complexity index is 744. The van der Waals surface area contributed by atoms with Gasteiger partial charge >= 0.3 is 0 Å². The van der Waals surface area contributed by atoms with Crippen LogP contribution < -0.4 is 0 Å². The molecule has 12 nitrogen and oxygen atoms in total. The molecule has 172 valence electrons. The third-order valence-corrected chi connectivity index (χ3v) is 5.15. The molecule has 0 bridgehead atoms. The summed E-state index contributed by atoms with van der Waals surface area (Å²) in [6.07, 6.45) is -18.0. The van der Waals surface area contributed by atoms with Crippen LogP contribution in [0.25, 0.3) is 0 Å². The molecule has 1 aromatic carbocycles. The molecule has 0 aliphatic carbocycles. The Hall–Kier alpha value is -1.73. The first-order valence-corrected chi connectivity index (χ1v) is 9.54. The Morgan fingerprint density at radius 3 is 2.16 bits per heavy atom. The van der Waals surface area contributed by atoms with E-state index in [1.54, 1.807) is 30.3 Å². The number of hydrogen-bond donors (Lipinski definition) is 7. The average Bonchev–Trinajstić information content (AvgIpc) is 2.78. The number of nitrogens with zero attached hydrogens (tertiary/aromatic N) is 1. The van der Waals surface area contributed by atoms with Crippen LogP contribution >= 0.6 is 0 Å². The van der Waals surface area contributed by atoms with Gasteiger partial charge < -0.3 is 54.7 Å². The maximum absolute atomic E-state index is 10.4. The summed E-state index contributed by atoms with van der Waals surface area (Å²) in [5.74, 6) is 0. The number of hydrogen-bond acceptors (Lipinski definition) is 12. The fraction of sp³-hybridized carbons (Fsp3) is 0.632. The molecular weight excluding hydrogens is 418 g/mol. The summed E-state index contributed by atoms with van der Waals surface area (Å²) < 4.78 is 21.5. The van der Waals surface area contributed by atoms with Gasteiger partial charge in [0, 0.05) is 0 Å². The summed E-state index contributed by atoms with van der Waals surface area (Å²) in [7, 11) is 0. The van der Waals surface area contributed by atoms with Gasteiger partial charge in [0.05, 0.1) is 12.7 Å². The van der Waals surface area contributed by atoms with E-state index in [1.807, 2.05) is 6.07 Å². The van der Waals surface area contributed by atoms with Crippen LogP contribution in [0.4, 0.5) is 0 Å². The van der Waals surface area contributed by atoms with Gasteiger partial charge in [-0.15, -0.1) is 0 Å². The molecule has 0 spiro atoms. The van der Waals surface area contributed by atoms with Crippen LogP contribution in [0.2, 0.25) is 0 Å². The normalized spacial score (nSPS) is 42.0. The van der Waals surface area contributed by atoms with Gasteiger partial charge in [-0.1, -0.05) is 30.3 Å². The van der Waals surface area contributed by atoms with Crippen molar-refractivity contribution in [1.82, 2.24) is 0 Å². The van der Waals surface area contributed by atoms with Gasteiger partial charge in [-0.3, -0.25) is 0 Å². The molecule has 1 aromatic rings. The Morgan fingerprint density at radius 1 is 0.871 bits per heavy atom. The van der Waals surface area contributed by atoms with Gasteiger partial charge in [0.25, 0.3) is 0 Å². The van der Waals surface area contributed by atoms with E-state index >= 15 is 0 Å². The first-order chi connectivity index (χ1) is 14.8. The number of aliphatic hydroxyl groups is 7. The third kappa shape index (κ3) is 5.03. The molecule has 12 heteroatoms. The number of aliphatic hydroxyl groups excluding tert-OH is 7. The Labute approximate surface area is 177 Å². The van der Waals surface area contributed by atoms with Crippen molar-refractivity contribution in [1.29, 1.82) is 5.26 Å². The smallest absolute Gasteiger partial charge is 0.191 e. The van der Waals surface area contributed by atoms with Crippen molar-refractivity contribution in [2.45, 2.75) is 67.7 Å². The molecule has 2 aliphatic rings. The lowest BCUT2D eigenvalue weighted by molar-refractivity contribution is -0.387. The number of ether oxygens (including phenoxy) is 4. The summed E-state index contributed by atoms with van der Waals surface area (Å²) in [5, 5.41) is 79.0. The van der Waals surface area contributed by atoms with Gasteiger partial charge in [-0.2, -0.15) is 5.26 Å². The van der Waals surface area contributed by atoms with Gasteiger partial charge in [0.2, 0.25) is 0 Å². The Morgan fingerprint density at radius 2 is 1.55 bits per heavy atom. The molecule has 2 aliphatic heterocycles. The lowest BCUT2D eigenvalue weighted by atomic mass is 9.98. The minimum atomic E-state index is -1.87. The zero-order valence-corrected chi connectivity index (χ0v) is 16.2. The van der Waals surface area contributed by atoms with E-state index in [1.165, 1.54) is 0 Å². The quantitative estimate of drug-likeness (QED) is 0.233. The maximum Gasteiger partial charge on any atom is 0.191 e. The van der Waals surface area contributed by atoms with Crippen LogP contribution in [-0.2, 0) is 18.9 Å². The predicted molar refractivity (Wildman–Crippen MR) is 97.4 cm³/mol. The van der Waals surface area contributed by atoms with Crippen LogP contribution in [0.15, 0.2) is 30.3 Å². The fourth-order valence-electron chi connectivity index (χ4n) is 3.35. The highest BCUT2D eigenvalue weighted by Crippen LogP contribution is 2.31. The molecule has 0 aromatic heterocycles. The van der Waals surface area contributed by atoms with Crippen molar-refractivity contribution < 1.29 is 54.7 Å². The van der Waals surface area contributed by atoms with Crippen molar-refractivity contribution in [2.24, 2.45) is 0 Å². The first kappa shape index (κ1) is 23.9. The van der Waals surface area contributed by atoms with Crippen LogP contribution in [-0.4, -0.2) is 104 Å². The largest absolute Gasteiger partial charge is 0.394 e. The highest BCUT2D eigenvalue weighted by Gasteiger charge is 2.51. The summed E-state index contributed by atoms with van der Waals surface area (Å²) in [6, 6.07) is 10.2. The van der Waals surface area contributed by atoms with E-state index < -0.39 is 74.3 Å². The molecule has 1 unspecified atom stereocenters. The molecule has 0 amide bonds. The zero-order valence-electron chi connectivity index (χ0n) is 16.2. The zero-order chi connectivity index (χ0) is 22.7. The molecule has 0 radical (unpaired) electrons. The van der Waals surface area contributed by atoms with Crippen LogP contribution in [0.3, 0.4) is 0 Å². The van der Waals surface area contributed by atoms with E-state index in [0.29, 0.717) is 5.56 Å². The second kappa shape index (κ2) is 10.3. The van der Waals surface area contributed by atoms with E-state index in [-0.39, 0.29) is 0 Å². The summed E-state index contributed by atoms with van der Waals surface area (Å²) in [5.41, 5.74) is 0.440. The summed E-state index contributed by atoms with van der Waals surface area (Å²) >= 11 is 0. The summed E-state index contributed by atoms with van der Waals surface area (Å²) in [4.78, 5) is 0. The Balaban J connectivity index is 1.81. The van der Waals surface area contributed by atoms with Crippen molar-refractivity contribution in [3.63, 3.8) is 0 Å². The lowest BCUT2D eigenvalue weighted by Gasteiger charge is -2.45. The third-order valence-electron chi connectivity index (χ3n) is 5.15. The fourth-order valence-corrected chi connectivity index (χ4v) is 3.35. The van der Waals surface area contributed by atoms with Crippen LogP contribution in [0.5, 0.6) is 0 Å². The van der Waals surface area contributed by atoms with E-state index in [2.05, 4.69) is 0 Å². The van der Waals surface area contributed by atoms with E-state index in [9.17, 15) is 41.0 Å². The molecule has 3 rings (SSSR count). The topological polar surface area (TPSA) is 202 Å². The number of nitriles is 1. The molecule has 2 fully saturated rings. The Kier molecular flexibility index (Phi) is 7.92. The molecule has 31 heavy (non-hydrogen) atoms. The molecule has 11 atom stereocenters. The second-order valence-corrected chi connectivity index (χ2v) is 7.23. The summed E-state index contributed by atoms with van der Waals surface area (Å²) in [6.45, 7) is -0.708. The molecular formula is C19H25NO11. The van der Waals surface area contributed by atoms with Crippen molar-refractivity contribution >= 4 is 0 Å². The van der Waals surface area contributed by atoms with Crippen molar-refractivity contribution in [2.75, 3.05) is 6.61 Å².